The quantitative estimate of drug-likeness (QED) is 0.909. The number of carbonyl (C=O) groups excluding carboxylic acids is 1. The Bertz CT molecular complexity index is 641. The highest BCUT2D eigenvalue weighted by Crippen LogP contribution is 2.25. The number of hydrogen-bond donors (Lipinski definition) is 2. The van der Waals surface area contributed by atoms with Crippen LogP contribution in [0.3, 0.4) is 0 Å². The van der Waals surface area contributed by atoms with Crippen molar-refractivity contribution in [2.75, 3.05) is 13.2 Å². The molecule has 2 rings (SSSR count). The Hall–Kier alpha value is -2.07. The van der Waals surface area contributed by atoms with E-state index >= 15 is 0 Å². The summed E-state index contributed by atoms with van der Waals surface area (Å²) in [5.41, 5.74) is 0.495. The van der Waals surface area contributed by atoms with Crippen LogP contribution in [0.2, 0.25) is 0 Å². The molecule has 0 aromatic heterocycles. The topological polar surface area (TPSA) is 58.6 Å². The van der Waals surface area contributed by atoms with Gasteiger partial charge in [0.2, 0.25) is 0 Å². The van der Waals surface area contributed by atoms with Crippen molar-refractivity contribution in [3.05, 3.63) is 48.0 Å². The number of hydrogen-bond acceptors (Lipinski definition) is 3. The van der Waals surface area contributed by atoms with Crippen LogP contribution < -0.4 is 5.32 Å². The predicted octanol–water partition coefficient (Wildman–Crippen LogP) is 3.44. The molecule has 0 radical (unpaired) electrons. The molecule has 0 saturated heterocycles. The first kappa shape index (κ1) is 16.3. The van der Waals surface area contributed by atoms with Crippen molar-refractivity contribution in [3.63, 3.8) is 0 Å². The summed E-state index contributed by atoms with van der Waals surface area (Å²) in [5, 5.41) is 14.6. The van der Waals surface area contributed by atoms with E-state index < -0.39 is 11.7 Å². The summed E-state index contributed by atoms with van der Waals surface area (Å²) >= 11 is 0. The number of carbonyl (C=O) groups is 1. The van der Waals surface area contributed by atoms with Crippen molar-refractivity contribution in [1.29, 1.82) is 0 Å². The van der Waals surface area contributed by atoms with E-state index in [9.17, 15) is 9.90 Å². The van der Waals surface area contributed by atoms with Gasteiger partial charge in [-0.2, -0.15) is 0 Å². The summed E-state index contributed by atoms with van der Waals surface area (Å²) in [4.78, 5) is 11.8. The predicted molar refractivity (Wildman–Crippen MR) is 88.0 cm³/mol. The zero-order chi connectivity index (χ0) is 16.2. The third kappa shape index (κ3) is 4.21. The first-order valence-corrected chi connectivity index (χ1v) is 7.46. The van der Waals surface area contributed by atoms with Gasteiger partial charge in [-0.1, -0.05) is 42.5 Å². The van der Waals surface area contributed by atoms with Crippen LogP contribution in [0.5, 0.6) is 0 Å². The van der Waals surface area contributed by atoms with E-state index in [1.54, 1.807) is 0 Å². The maximum atomic E-state index is 11.8. The Morgan fingerprint density at radius 3 is 2.55 bits per heavy atom. The van der Waals surface area contributed by atoms with Gasteiger partial charge in [-0.15, -0.1) is 0 Å². The van der Waals surface area contributed by atoms with Crippen molar-refractivity contribution >= 4 is 16.9 Å². The normalized spacial score (nSPS) is 12.9. The molecule has 0 bridgehead atoms. The zero-order valence-electron chi connectivity index (χ0n) is 13.3. The van der Waals surface area contributed by atoms with Gasteiger partial charge >= 0.3 is 6.09 Å². The fraction of sp³-hybridized carbons (Fsp3) is 0.389. The highest BCUT2D eigenvalue weighted by Gasteiger charge is 2.19. The molecule has 1 atom stereocenters. The maximum absolute atomic E-state index is 11.8. The number of aliphatic hydroxyl groups excluding tert-OH is 1. The molecule has 0 saturated carbocycles. The summed E-state index contributed by atoms with van der Waals surface area (Å²) in [7, 11) is 0. The molecule has 0 spiro atoms. The molecular weight excluding hydrogens is 278 g/mol. The van der Waals surface area contributed by atoms with Crippen molar-refractivity contribution in [2.24, 2.45) is 0 Å². The molecule has 2 aromatic rings. The number of rotatable bonds is 4. The molecule has 1 amide bonds. The molecule has 2 aromatic carbocycles. The molecule has 118 valence electrons. The summed E-state index contributed by atoms with van der Waals surface area (Å²) in [6.07, 6.45) is -0.466. The summed E-state index contributed by atoms with van der Waals surface area (Å²) < 4.78 is 5.22. The van der Waals surface area contributed by atoms with E-state index in [1.165, 1.54) is 0 Å². The molecule has 22 heavy (non-hydrogen) atoms. The van der Waals surface area contributed by atoms with Crippen LogP contribution in [-0.2, 0) is 4.74 Å². The van der Waals surface area contributed by atoms with Gasteiger partial charge in [-0.05, 0) is 37.1 Å². The van der Waals surface area contributed by atoms with Gasteiger partial charge in [0.25, 0.3) is 0 Å². The van der Waals surface area contributed by atoms with Crippen LogP contribution in [-0.4, -0.2) is 30.0 Å². The van der Waals surface area contributed by atoms with Crippen molar-refractivity contribution in [3.8, 4) is 0 Å². The second-order valence-electron chi connectivity index (χ2n) is 6.33. The van der Waals surface area contributed by atoms with E-state index in [4.69, 9.17) is 4.74 Å². The van der Waals surface area contributed by atoms with Gasteiger partial charge in [-0.3, -0.25) is 0 Å². The highest BCUT2D eigenvalue weighted by molar-refractivity contribution is 5.86. The largest absolute Gasteiger partial charge is 0.444 e. The molecule has 4 nitrogen and oxygen atoms in total. The van der Waals surface area contributed by atoms with Crippen LogP contribution in [0.4, 0.5) is 4.79 Å². The molecule has 0 aliphatic rings. The van der Waals surface area contributed by atoms with Crippen LogP contribution in [0.15, 0.2) is 42.5 Å². The smallest absolute Gasteiger partial charge is 0.407 e. The van der Waals surface area contributed by atoms with Crippen LogP contribution in [0.25, 0.3) is 10.8 Å². The van der Waals surface area contributed by atoms with Gasteiger partial charge in [0, 0.05) is 12.5 Å². The lowest BCUT2D eigenvalue weighted by molar-refractivity contribution is 0.0521. The Kier molecular flexibility index (Phi) is 5.03. The van der Waals surface area contributed by atoms with Crippen molar-refractivity contribution in [2.45, 2.75) is 32.3 Å². The fourth-order valence-electron chi connectivity index (χ4n) is 2.40. The Balaban J connectivity index is 2.12. The second-order valence-corrected chi connectivity index (χ2v) is 6.33. The summed E-state index contributed by atoms with van der Waals surface area (Å²) in [6, 6.07) is 14.0. The van der Waals surface area contributed by atoms with E-state index in [0.29, 0.717) is 6.54 Å². The monoisotopic (exact) mass is 301 g/mol. The SMILES string of the molecule is CC(C)(C)OC(=O)NC[C@@H](CO)c1cccc2ccccc12. The third-order valence-corrected chi connectivity index (χ3v) is 3.38. The van der Waals surface area contributed by atoms with E-state index in [0.717, 1.165) is 16.3 Å². The minimum atomic E-state index is -0.530. The molecule has 0 unspecified atom stereocenters. The average molecular weight is 301 g/mol. The first-order chi connectivity index (χ1) is 10.4. The number of aliphatic hydroxyl groups is 1. The molecular formula is C18H23NO3. The number of fused-ring (bicyclic) bond motifs is 1. The minimum absolute atomic E-state index is 0.0379. The number of amides is 1. The Morgan fingerprint density at radius 2 is 1.86 bits per heavy atom. The van der Waals surface area contributed by atoms with Gasteiger partial charge in [0.1, 0.15) is 5.60 Å². The van der Waals surface area contributed by atoms with Gasteiger partial charge < -0.3 is 15.2 Å². The minimum Gasteiger partial charge on any atom is -0.444 e. The number of alkyl carbamates (subject to hydrolysis) is 1. The summed E-state index contributed by atoms with van der Waals surface area (Å²) in [5.74, 6) is -0.168. The van der Waals surface area contributed by atoms with Crippen molar-refractivity contribution < 1.29 is 14.6 Å². The fourth-order valence-corrected chi connectivity index (χ4v) is 2.40. The highest BCUT2D eigenvalue weighted by atomic mass is 16.6. The molecule has 4 heteroatoms. The standard InChI is InChI=1S/C18H23NO3/c1-18(2,3)22-17(21)19-11-14(12-20)16-10-6-8-13-7-4-5-9-15(13)16/h4-10,14,20H,11-12H2,1-3H3,(H,19,21)/t14-/m0/s1. The van der Waals surface area contributed by atoms with E-state index in [-0.39, 0.29) is 12.5 Å². The van der Waals surface area contributed by atoms with Gasteiger partial charge in [-0.25, -0.2) is 4.79 Å². The number of nitrogens with one attached hydrogen (secondary N) is 1. The lowest BCUT2D eigenvalue weighted by atomic mass is 9.94. The maximum Gasteiger partial charge on any atom is 0.407 e. The molecule has 0 aliphatic carbocycles. The lowest BCUT2D eigenvalue weighted by Crippen LogP contribution is -2.35. The van der Waals surface area contributed by atoms with Gasteiger partial charge in [0.05, 0.1) is 6.61 Å². The second kappa shape index (κ2) is 6.79. The Labute approximate surface area is 131 Å². The van der Waals surface area contributed by atoms with E-state index in [1.807, 2.05) is 63.2 Å². The molecule has 0 aliphatic heterocycles. The Morgan fingerprint density at radius 1 is 1.18 bits per heavy atom. The molecule has 0 fully saturated rings. The van der Waals surface area contributed by atoms with Gasteiger partial charge in [0.15, 0.2) is 0 Å². The first-order valence-electron chi connectivity index (χ1n) is 7.46. The lowest BCUT2D eigenvalue weighted by Gasteiger charge is -2.22. The van der Waals surface area contributed by atoms with Crippen LogP contribution >= 0.6 is 0 Å². The van der Waals surface area contributed by atoms with Crippen LogP contribution in [0.1, 0.15) is 32.3 Å². The zero-order valence-corrected chi connectivity index (χ0v) is 13.3. The van der Waals surface area contributed by atoms with Crippen LogP contribution in [0, 0.1) is 0 Å². The van der Waals surface area contributed by atoms with Crippen molar-refractivity contribution in [1.82, 2.24) is 5.32 Å². The van der Waals surface area contributed by atoms with E-state index in [2.05, 4.69) is 5.32 Å². The number of ether oxygens (including phenoxy) is 1. The molecule has 0 heterocycles. The third-order valence-electron chi connectivity index (χ3n) is 3.38. The number of benzene rings is 2. The summed E-state index contributed by atoms with van der Waals surface area (Å²) in [6.45, 7) is 5.76. The average Bonchev–Trinajstić information content (AvgIpc) is 2.46. The molecule has 2 N–H and O–H groups in total.